The van der Waals surface area contributed by atoms with Gasteiger partial charge >= 0.3 is 0 Å². The summed E-state index contributed by atoms with van der Waals surface area (Å²) in [5.74, 6) is 0.862. The number of benzene rings is 2. The van der Waals surface area contributed by atoms with Gasteiger partial charge in [-0.15, -0.1) is 11.3 Å². The molecule has 5 rings (SSSR count). The van der Waals surface area contributed by atoms with Crippen LogP contribution in [0.5, 0.6) is 5.75 Å². The van der Waals surface area contributed by atoms with Gasteiger partial charge in [-0.25, -0.2) is 9.67 Å². The molecular formula is C25H25N5O2S. The number of rotatable bonds is 6. The average molecular weight is 460 g/mol. The minimum absolute atomic E-state index is 0.00273. The van der Waals surface area contributed by atoms with Crippen LogP contribution in [-0.4, -0.2) is 63.8 Å². The highest BCUT2D eigenvalue weighted by molar-refractivity contribution is 7.13. The van der Waals surface area contributed by atoms with Crippen LogP contribution in [0.1, 0.15) is 16.1 Å². The molecule has 2 aromatic heterocycles. The highest BCUT2D eigenvalue weighted by atomic mass is 32.1. The smallest absolute Gasteiger partial charge is 0.273 e. The Kier molecular flexibility index (Phi) is 6.19. The van der Waals surface area contributed by atoms with E-state index in [1.54, 1.807) is 13.3 Å². The molecule has 2 aromatic carbocycles. The summed E-state index contributed by atoms with van der Waals surface area (Å²) in [6.45, 7) is 3.97. The summed E-state index contributed by atoms with van der Waals surface area (Å²) in [6, 6.07) is 18.1. The molecule has 0 unspecified atom stereocenters. The molecule has 0 N–H and O–H groups in total. The molecule has 0 spiro atoms. The van der Waals surface area contributed by atoms with Gasteiger partial charge < -0.3 is 9.64 Å². The number of thiazole rings is 1. The molecule has 33 heavy (non-hydrogen) atoms. The second kappa shape index (κ2) is 9.56. The monoisotopic (exact) mass is 459 g/mol. The number of methoxy groups -OCH3 is 1. The number of piperazine rings is 1. The fourth-order valence-corrected chi connectivity index (χ4v) is 4.69. The van der Waals surface area contributed by atoms with Crippen molar-refractivity contribution in [1.82, 2.24) is 24.6 Å². The molecule has 0 saturated carbocycles. The van der Waals surface area contributed by atoms with Crippen molar-refractivity contribution in [1.29, 1.82) is 0 Å². The number of hydrogen-bond acceptors (Lipinski definition) is 6. The van der Waals surface area contributed by atoms with Crippen molar-refractivity contribution in [2.75, 3.05) is 33.3 Å². The lowest BCUT2D eigenvalue weighted by molar-refractivity contribution is 0.0623. The molecule has 7 nitrogen and oxygen atoms in total. The van der Waals surface area contributed by atoms with Crippen molar-refractivity contribution in [3.05, 3.63) is 83.6 Å². The Hall–Kier alpha value is -3.49. The van der Waals surface area contributed by atoms with Crippen molar-refractivity contribution in [3.8, 4) is 22.0 Å². The lowest BCUT2D eigenvalue weighted by Crippen LogP contribution is -2.48. The van der Waals surface area contributed by atoms with Crippen LogP contribution in [0.25, 0.3) is 16.3 Å². The molecule has 1 aliphatic heterocycles. The van der Waals surface area contributed by atoms with E-state index in [9.17, 15) is 4.79 Å². The Balaban J connectivity index is 1.19. The van der Waals surface area contributed by atoms with Gasteiger partial charge in [-0.05, 0) is 29.8 Å². The second-order valence-corrected chi connectivity index (χ2v) is 8.82. The van der Waals surface area contributed by atoms with E-state index in [0.717, 1.165) is 41.6 Å². The predicted octanol–water partition coefficient (Wildman–Crippen LogP) is 3.96. The number of aromatic nitrogens is 3. The summed E-state index contributed by atoms with van der Waals surface area (Å²) in [5.41, 5.74) is 3.65. The van der Waals surface area contributed by atoms with Crippen LogP contribution >= 0.6 is 11.3 Å². The van der Waals surface area contributed by atoms with Crippen molar-refractivity contribution < 1.29 is 9.53 Å². The van der Waals surface area contributed by atoms with Crippen LogP contribution in [-0.2, 0) is 6.54 Å². The third-order valence-corrected chi connectivity index (χ3v) is 6.69. The van der Waals surface area contributed by atoms with Gasteiger partial charge in [0.2, 0.25) is 0 Å². The zero-order chi connectivity index (χ0) is 22.6. The summed E-state index contributed by atoms with van der Waals surface area (Å²) in [5, 5.41) is 7.09. The molecule has 4 aromatic rings. The first-order chi connectivity index (χ1) is 16.2. The molecule has 1 amide bonds. The molecule has 0 bridgehead atoms. The molecule has 1 aliphatic rings. The van der Waals surface area contributed by atoms with E-state index < -0.39 is 0 Å². The molecule has 0 atom stereocenters. The van der Waals surface area contributed by atoms with E-state index in [1.165, 1.54) is 16.9 Å². The molecule has 0 radical (unpaired) electrons. The summed E-state index contributed by atoms with van der Waals surface area (Å²) < 4.78 is 7.05. The first-order valence-corrected chi connectivity index (χ1v) is 11.8. The van der Waals surface area contributed by atoms with Gasteiger partial charge in [-0.3, -0.25) is 9.69 Å². The number of ether oxygens (including phenoxy) is 1. The molecule has 8 heteroatoms. The zero-order valence-electron chi connectivity index (χ0n) is 18.4. The Bertz CT molecular complexity index is 1210. The quantitative estimate of drug-likeness (QED) is 0.437. The van der Waals surface area contributed by atoms with Crippen molar-refractivity contribution in [2.45, 2.75) is 6.54 Å². The zero-order valence-corrected chi connectivity index (χ0v) is 19.2. The van der Waals surface area contributed by atoms with Crippen LogP contribution in [0.15, 0.2) is 72.4 Å². The molecule has 3 heterocycles. The summed E-state index contributed by atoms with van der Waals surface area (Å²) >= 11 is 1.48. The molecule has 1 fully saturated rings. The van der Waals surface area contributed by atoms with Gasteiger partial charge in [0.05, 0.1) is 19.0 Å². The van der Waals surface area contributed by atoms with Gasteiger partial charge in [-0.2, -0.15) is 5.10 Å². The largest absolute Gasteiger partial charge is 0.497 e. The Morgan fingerprint density at radius 1 is 1.03 bits per heavy atom. The predicted molar refractivity (Wildman–Crippen MR) is 129 cm³/mol. The van der Waals surface area contributed by atoms with Gasteiger partial charge in [0.25, 0.3) is 5.91 Å². The Morgan fingerprint density at radius 2 is 1.79 bits per heavy atom. The van der Waals surface area contributed by atoms with Gasteiger partial charge in [-0.1, -0.05) is 30.3 Å². The molecule has 0 aliphatic carbocycles. The molecule has 1 saturated heterocycles. The van der Waals surface area contributed by atoms with E-state index >= 15 is 0 Å². The first-order valence-electron chi connectivity index (χ1n) is 10.9. The van der Waals surface area contributed by atoms with E-state index in [2.05, 4.69) is 27.1 Å². The summed E-state index contributed by atoms with van der Waals surface area (Å²) in [4.78, 5) is 21.9. The number of amides is 1. The average Bonchev–Trinajstić information content (AvgIpc) is 3.55. The van der Waals surface area contributed by atoms with Gasteiger partial charge in [0.15, 0.2) is 0 Å². The van der Waals surface area contributed by atoms with E-state index in [-0.39, 0.29) is 5.91 Å². The fraction of sp³-hybridized carbons (Fsp3) is 0.240. The molecule has 168 valence electrons. The topological polar surface area (TPSA) is 63.5 Å². The SMILES string of the molecule is COc1ccc(CN2CCN(C(=O)c3csc(-c4cnn(-c5ccccc5)c4)n3)CC2)cc1. The van der Waals surface area contributed by atoms with Crippen molar-refractivity contribution in [3.63, 3.8) is 0 Å². The van der Waals surface area contributed by atoms with Gasteiger partial charge in [0.1, 0.15) is 16.5 Å². The fourth-order valence-electron chi connectivity index (χ4n) is 3.92. The lowest BCUT2D eigenvalue weighted by Gasteiger charge is -2.34. The number of nitrogens with zero attached hydrogens (tertiary/aromatic N) is 5. The number of hydrogen-bond donors (Lipinski definition) is 0. The number of carbonyl (C=O) groups excluding carboxylic acids is 1. The second-order valence-electron chi connectivity index (χ2n) is 7.96. The maximum Gasteiger partial charge on any atom is 0.273 e. The highest BCUT2D eigenvalue weighted by Gasteiger charge is 2.24. The molecular weight excluding hydrogens is 434 g/mol. The first kappa shape index (κ1) is 21.4. The summed E-state index contributed by atoms with van der Waals surface area (Å²) in [7, 11) is 1.67. The minimum Gasteiger partial charge on any atom is -0.497 e. The van der Waals surface area contributed by atoms with E-state index in [1.807, 2.05) is 63.6 Å². The van der Waals surface area contributed by atoms with Crippen LogP contribution in [0.2, 0.25) is 0 Å². The van der Waals surface area contributed by atoms with Crippen LogP contribution in [0.3, 0.4) is 0 Å². The number of carbonyl (C=O) groups is 1. The summed E-state index contributed by atoms with van der Waals surface area (Å²) in [6.07, 6.45) is 3.73. The third kappa shape index (κ3) is 4.81. The van der Waals surface area contributed by atoms with Crippen molar-refractivity contribution in [2.24, 2.45) is 0 Å². The van der Waals surface area contributed by atoms with Crippen LogP contribution < -0.4 is 4.74 Å². The van der Waals surface area contributed by atoms with Gasteiger partial charge in [0, 0.05) is 49.9 Å². The maximum absolute atomic E-state index is 13.0. The third-order valence-electron chi connectivity index (χ3n) is 5.80. The van der Waals surface area contributed by atoms with Crippen molar-refractivity contribution >= 4 is 17.2 Å². The Morgan fingerprint density at radius 3 is 2.52 bits per heavy atom. The maximum atomic E-state index is 13.0. The lowest BCUT2D eigenvalue weighted by atomic mass is 10.2. The Labute approximate surface area is 196 Å². The highest BCUT2D eigenvalue weighted by Crippen LogP contribution is 2.25. The standard InChI is InChI=1S/C25H25N5O2S/c1-32-22-9-7-19(8-10-22)16-28-11-13-29(14-12-28)25(31)23-18-33-24(27-23)20-15-26-30(17-20)21-5-3-2-4-6-21/h2-10,15,17-18H,11-14,16H2,1H3. The van der Waals surface area contributed by atoms with Crippen LogP contribution in [0.4, 0.5) is 0 Å². The minimum atomic E-state index is -0.00273. The number of para-hydroxylation sites is 1. The normalized spacial score (nSPS) is 14.4. The van der Waals surface area contributed by atoms with E-state index in [0.29, 0.717) is 18.8 Å². The van der Waals surface area contributed by atoms with Crippen LogP contribution in [0, 0.1) is 0 Å². The van der Waals surface area contributed by atoms with E-state index in [4.69, 9.17) is 4.74 Å².